The number of allylic oxidation sites excluding steroid dienone is 5. The molecule has 1 fully saturated rings. The molecule has 1 nitrogen and oxygen atoms in total. The number of ether oxygens (including phenoxy) is 1. The molecule has 0 atom stereocenters. The van der Waals surface area contributed by atoms with E-state index in [0.717, 1.165) is 0 Å². The van der Waals surface area contributed by atoms with E-state index < -0.39 is 7.26 Å². The van der Waals surface area contributed by atoms with Gasteiger partial charge in [-0.2, -0.15) is 0 Å². The second-order valence-electron chi connectivity index (χ2n) is 20.3. The predicted molar refractivity (Wildman–Crippen MR) is 282 cm³/mol. The Balaban J connectivity index is 1.11. The molecular weight excluding hydrogens is 1010 g/mol. The van der Waals surface area contributed by atoms with Crippen LogP contribution in [0.15, 0.2) is 186 Å². The first-order chi connectivity index (χ1) is 32.3. The van der Waals surface area contributed by atoms with Crippen molar-refractivity contribution in [2.24, 2.45) is 0 Å². The second kappa shape index (κ2) is 16.2. The Morgan fingerprint density at radius 1 is 0.507 bits per heavy atom. The first-order valence-corrected chi connectivity index (χ1v) is 26.8. The van der Waals surface area contributed by atoms with Crippen LogP contribution in [-0.2, 0) is 38.9 Å². The van der Waals surface area contributed by atoms with Crippen LogP contribution in [0.3, 0.4) is 0 Å². The summed E-state index contributed by atoms with van der Waals surface area (Å²) in [6, 6.07) is 58.3. The summed E-state index contributed by atoms with van der Waals surface area (Å²) in [5, 5.41) is 5.18. The molecule has 1 aliphatic heterocycles. The van der Waals surface area contributed by atoms with E-state index in [2.05, 4.69) is 236 Å². The molecule has 0 N–H and O–H groups in total. The summed E-state index contributed by atoms with van der Waals surface area (Å²) in [5.74, 6) is 0. The Labute approximate surface area is 408 Å². The summed E-state index contributed by atoms with van der Waals surface area (Å²) in [7, 11) is -2.51. The van der Waals surface area contributed by atoms with Crippen LogP contribution in [0, 0.1) is 4.37 Å². The fraction of sp³-hybridized carbons (Fsp3) is 0.203. The van der Waals surface area contributed by atoms with Crippen molar-refractivity contribution >= 4 is 34.8 Å². The van der Waals surface area contributed by atoms with Crippen LogP contribution < -0.4 is 15.9 Å². The van der Waals surface area contributed by atoms with Gasteiger partial charge in [0.1, 0.15) is 0 Å². The predicted octanol–water partition coefficient (Wildman–Crippen LogP) is 14.8. The third-order valence-corrected chi connectivity index (χ3v) is 21.0. The van der Waals surface area contributed by atoms with Crippen LogP contribution in [0.4, 0.5) is 0 Å². The van der Waals surface area contributed by atoms with Gasteiger partial charge in [0.25, 0.3) is 0 Å². The Bertz CT molecular complexity index is 3260. The third-order valence-electron chi connectivity index (χ3n) is 15.7. The molecule has 7 aromatic rings. The number of hydrogen-bond acceptors (Lipinski definition) is 1. The normalized spacial score (nSPS) is 18.3. The Hall–Kier alpha value is -5.69. The Kier molecular flexibility index (Phi) is 10.6. The zero-order chi connectivity index (χ0) is 46.5. The van der Waals surface area contributed by atoms with Gasteiger partial charge in [-0.05, 0) is 40.8 Å². The molecule has 3 heteroatoms. The minimum absolute atomic E-state index is 0.0975. The van der Waals surface area contributed by atoms with E-state index in [1.807, 2.05) is 17.9 Å². The van der Waals surface area contributed by atoms with Gasteiger partial charge in [0.05, 0.1) is 0 Å². The molecule has 0 radical (unpaired) electrons. The summed E-state index contributed by atoms with van der Waals surface area (Å²) in [4.78, 5) is 0. The molecule has 0 aromatic heterocycles. The van der Waals surface area contributed by atoms with Gasteiger partial charge < -0.3 is 0 Å². The van der Waals surface area contributed by atoms with Crippen LogP contribution in [0.5, 0.6) is 0 Å². The van der Waals surface area contributed by atoms with E-state index in [1.54, 1.807) is 0 Å². The maximum absolute atomic E-state index is 6.17. The van der Waals surface area contributed by atoms with Gasteiger partial charge in [-0.1, -0.05) is 44.2 Å². The molecule has 1 heterocycles. The Morgan fingerprint density at radius 2 is 0.925 bits per heavy atom. The van der Waals surface area contributed by atoms with E-state index in [-0.39, 0.29) is 16.2 Å². The van der Waals surface area contributed by atoms with Gasteiger partial charge in [0, 0.05) is 5.41 Å². The van der Waals surface area contributed by atoms with Gasteiger partial charge >= 0.3 is 321 Å². The second-order valence-corrected chi connectivity index (χ2v) is 24.3. The number of benzene rings is 7. The number of hydrogen-bond donors (Lipinski definition) is 0. The summed E-state index contributed by atoms with van der Waals surface area (Å²) in [6.07, 6.45) is 9.03. The van der Waals surface area contributed by atoms with Gasteiger partial charge in [0.15, 0.2) is 0 Å². The molecule has 11 rings (SSSR count). The molecule has 0 amide bonds. The SMILES string of the molecule is CC=C1COCC1=CC(=C([C]#[Os])[P+](c1ccccc1)(c1ccccc1)c1ccccc1)c1ccc2c(c1)C(C)(C)c1cc3c(cc1-2)C(C)(C)c1cc2c(cc1-3)C(C)(C)c1cc(/C=C/C)ccc1-2. The standard InChI is InChI=1S/C64H57OP.Os/c1-10-21-42-28-30-49-52-35-60-54(37-58(52)62(4,5)56(49)32-42)55-38-59-53(36-61(55)64(60,8)9)50-31-29-44(34-57(50)63(59,6)7)51(33-45-40-65-39-43(45)11-2)41(3)66(46-22-15-12-16-23-46,47-24-17-13-18-25-47)48-26-19-14-20-27-48;/h10-38H,39-40H2,1-2,4-9H3;/q+1;/b21-10+,43-11?,45-33?,51-41?;. The fourth-order valence-corrected chi connectivity index (χ4v) is 17.9. The number of rotatable bonds is 7. The van der Waals surface area contributed by atoms with E-state index in [9.17, 15) is 0 Å². The van der Waals surface area contributed by atoms with Crippen molar-refractivity contribution < 1.29 is 22.7 Å². The van der Waals surface area contributed by atoms with Crippen LogP contribution in [0.2, 0.25) is 0 Å². The summed E-state index contributed by atoms with van der Waals surface area (Å²) < 4.78 is 10.2. The van der Waals surface area contributed by atoms with Crippen LogP contribution >= 0.6 is 7.26 Å². The molecule has 0 bridgehead atoms. The Morgan fingerprint density at radius 3 is 1.37 bits per heavy atom. The van der Waals surface area contributed by atoms with Crippen molar-refractivity contribution in [2.45, 2.75) is 71.6 Å². The molecule has 0 saturated carbocycles. The molecule has 1 saturated heterocycles. The molecule has 67 heavy (non-hydrogen) atoms. The average molecular weight is 1060 g/mol. The molecule has 0 unspecified atom stereocenters. The maximum atomic E-state index is 6.17. The summed E-state index contributed by atoms with van der Waals surface area (Å²) >= 11 is 1.86. The first kappa shape index (κ1) is 43.9. The largest absolute Gasteiger partial charge is 0.0871 e. The molecule has 3 aliphatic carbocycles. The topological polar surface area (TPSA) is 9.23 Å². The first-order valence-electron chi connectivity index (χ1n) is 23.8. The van der Waals surface area contributed by atoms with Gasteiger partial charge in [-0.15, -0.1) is 0 Å². The maximum Gasteiger partial charge on any atom is 0.0159 e. The molecule has 331 valence electrons. The van der Waals surface area contributed by atoms with E-state index in [4.69, 9.17) is 4.74 Å². The van der Waals surface area contributed by atoms with Crippen LogP contribution in [0.1, 0.15) is 99.9 Å². The van der Waals surface area contributed by atoms with Crippen LogP contribution in [-0.4, -0.2) is 13.2 Å². The molecule has 4 aliphatic rings. The zero-order valence-corrected chi connectivity index (χ0v) is 43.3. The van der Waals surface area contributed by atoms with Gasteiger partial charge in [-0.3, -0.25) is 0 Å². The quantitative estimate of drug-likeness (QED) is 0.145. The van der Waals surface area contributed by atoms with E-state index in [1.165, 1.54) is 116 Å². The third kappa shape index (κ3) is 6.52. The summed E-state index contributed by atoms with van der Waals surface area (Å²) in [6.45, 7) is 20.0. The molecule has 0 spiro atoms. The zero-order valence-electron chi connectivity index (χ0n) is 39.9. The van der Waals surface area contributed by atoms with Crippen molar-refractivity contribution in [2.75, 3.05) is 13.2 Å². The van der Waals surface area contributed by atoms with Gasteiger partial charge in [0.2, 0.25) is 0 Å². The van der Waals surface area contributed by atoms with Crippen molar-refractivity contribution in [3.05, 3.63) is 231 Å². The smallest absolute Gasteiger partial charge is 0.0159 e. The van der Waals surface area contributed by atoms with Gasteiger partial charge in [-0.25, -0.2) is 0 Å². The van der Waals surface area contributed by atoms with Crippen molar-refractivity contribution in [1.29, 1.82) is 0 Å². The van der Waals surface area contributed by atoms with Crippen LogP contribution in [0.25, 0.3) is 45.0 Å². The van der Waals surface area contributed by atoms with E-state index >= 15 is 0 Å². The average Bonchev–Trinajstić information content (AvgIpc) is 4.02. The molecule has 7 aromatic carbocycles. The van der Waals surface area contributed by atoms with Crippen molar-refractivity contribution in [1.82, 2.24) is 0 Å². The fourth-order valence-electron chi connectivity index (χ4n) is 12.1. The molecular formula is C64H57OOsP+. The number of fused-ring (bicyclic) bond motifs is 9. The monoisotopic (exact) mass is 1060 g/mol. The van der Waals surface area contributed by atoms with Crippen molar-refractivity contribution in [3.8, 4) is 37.8 Å². The van der Waals surface area contributed by atoms with E-state index in [0.29, 0.717) is 13.2 Å². The van der Waals surface area contributed by atoms with Crippen molar-refractivity contribution in [3.63, 3.8) is 0 Å². The minimum atomic E-state index is -2.51. The summed E-state index contributed by atoms with van der Waals surface area (Å²) in [5.41, 5.74) is 22.4. The minimum Gasteiger partial charge on any atom is -0.0871 e.